The Balaban J connectivity index is 3.10. The van der Waals surface area contributed by atoms with Crippen LogP contribution in [0.5, 0.6) is 5.75 Å². The summed E-state index contributed by atoms with van der Waals surface area (Å²) in [5.74, 6) is 0.283. The number of aromatic hydroxyl groups is 1. The summed E-state index contributed by atoms with van der Waals surface area (Å²) in [6.07, 6.45) is 0. The number of benzene rings is 1. The van der Waals surface area contributed by atoms with Crippen LogP contribution in [-0.2, 0) is 0 Å². The SMILES string of the molecule is Cc1c(O)ccc(NC(N)=S)c1C. The summed E-state index contributed by atoms with van der Waals surface area (Å²) in [6.45, 7) is 3.74. The van der Waals surface area contributed by atoms with Crippen molar-refractivity contribution in [2.24, 2.45) is 5.73 Å². The van der Waals surface area contributed by atoms with E-state index in [0.29, 0.717) is 0 Å². The monoisotopic (exact) mass is 196 g/mol. The largest absolute Gasteiger partial charge is 0.508 e. The summed E-state index contributed by atoms with van der Waals surface area (Å²) >= 11 is 4.72. The number of rotatable bonds is 1. The first kappa shape index (κ1) is 9.80. The van der Waals surface area contributed by atoms with Gasteiger partial charge in [0.1, 0.15) is 5.75 Å². The van der Waals surface area contributed by atoms with E-state index >= 15 is 0 Å². The van der Waals surface area contributed by atoms with Gasteiger partial charge in [0.25, 0.3) is 0 Å². The smallest absolute Gasteiger partial charge is 0.168 e. The highest BCUT2D eigenvalue weighted by molar-refractivity contribution is 7.80. The molecule has 0 radical (unpaired) electrons. The van der Waals surface area contributed by atoms with E-state index in [1.54, 1.807) is 12.1 Å². The van der Waals surface area contributed by atoms with Crippen molar-refractivity contribution < 1.29 is 5.11 Å². The Morgan fingerprint density at radius 3 is 2.54 bits per heavy atom. The van der Waals surface area contributed by atoms with Crippen molar-refractivity contribution in [3.63, 3.8) is 0 Å². The number of hydrogen-bond donors (Lipinski definition) is 3. The summed E-state index contributed by atoms with van der Waals surface area (Å²) in [4.78, 5) is 0. The van der Waals surface area contributed by atoms with E-state index in [1.165, 1.54) is 0 Å². The van der Waals surface area contributed by atoms with Crippen LogP contribution < -0.4 is 11.1 Å². The second kappa shape index (κ2) is 3.62. The quantitative estimate of drug-likeness (QED) is 0.472. The predicted octanol–water partition coefficient (Wildman–Crippen LogP) is 1.66. The maximum atomic E-state index is 9.37. The van der Waals surface area contributed by atoms with Gasteiger partial charge < -0.3 is 16.2 Å². The van der Waals surface area contributed by atoms with Crippen molar-refractivity contribution in [3.8, 4) is 5.75 Å². The van der Waals surface area contributed by atoms with Gasteiger partial charge in [0, 0.05) is 5.69 Å². The Kier molecular flexibility index (Phi) is 2.72. The molecule has 0 aliphatic carbocycles. The molecule has 0 aliphatic heterocycles. The van der Waals surface area contributed by atoms with Gasteiger partial charge in [-0.05, 0) is 49.3 Å². The summed E-state index contributed by atoms with van der Waals surface area (Å²) in [7, 11) is 0. The lowest BCUT2D eigenvalue weighted by Crippen LogP contribution is -2.19. The van der Waals surface area contributed by atoms with Crippen molar-refractivity contribution in [2.45, 2.75) is 13.8 Å². The average molecular weight is 196 g/mol. The average Bonchev–Trinajstić information content (AvgIpc) is 2.06. The van der Waals surface area contributed by atoms with Crippen molar-refractivity contribution >= 4 is 23.0 Å². The number of phenols is 1. The number of nitrogens with two attached hydrogens (primary N) is 1. The van der Waals surface area contributed by atoms with Crippen LogP contribution in [0.1, 0.15) is 11.1 Å². The summed E-state index contributed by atoms with van der Waals surface area (Å²) in [6, 6.07) is 3.36. The molecule has 13 heavy (non-hydrogen) atoms. The molecule has 0 aliphatic rings. The molecule has 0 saturated heterocycles. The number of hydrogen-bond acceptors (Lipinski definition) is 2. The van der Waals surface area contributed by atoms with E-state index in [4.69, 9.17) is 18.0 Å². The highest BCUT2D eigenvalue weighted by atomic mass is 32.1. The minimum atomic E-state index is 0.230. The third kappa shape index (κ3) is 2.09. The number of thiocarbonyl (C=S) groups is 1. The molecule has 0 heterocycles. The fraction of sp³-hybridized carbons (Fsp3) is 0.222. The van der Waals surface area contributed by atoms with Crippen molar-refractivity contribution in [1.29, 1.82) is 0 Å². The van der Waals surface area contributed by atoms with E-state index in [0.717, 1.165) is 16.8 Å². The fourth-order valence-electron chi connectivity index (χ4n) is 1.07. The molecule has 0 unspecified atom stereocenters. The fourth-order valence-corrected chi connectivity index (χ4v) is 1.18. The van der Waals surface area contributed by atoms with Crippen molar-refractivity contribution in [2.75, 3.05) is 5.32 Å². The molecular weight excluding hydrogens is 184 g/mol. The lowest BCUT2D eigenvalue weighted by molar-refractivity contribution is 0.470. The third-order valence-electron chi connectivity index (χ3n) is 2.02. The van der Waals surface area contributed by atoms with E-state index in [9.17, 15) is 5.11 Å². The summed E-state index contributed by atoms with van der Waals surface area (Å²) < 4.78 is 0. The molecule has 0 bridgehead atoms. The predicted molar refractivity (Wildman–Crippen MR) is 58.0 cm³/mol. The highest BCUT2D eigenvalue weighted by Crippen LogP contribution is 2.25. The van der Waals surface area contributed by atoms with Crippen LogP contribution in [0.15, 0.2) is 12.1 Å². The first-order valence-corrected chi connectivity index (χ1v) is 4.29. The zero-order valence-corrected chi connectivity index (χ0v) is 8.40. The maximum absolute atomic E-state index is 9.37. The van der Waals surface area contributed by atoms with E-state index in [-0.39, 0.29) is 10.9 Å². The molecule has 1 rings (SSSR count). The Morgan fingerprint density at radius 1 is 1.38 bits per heavy atom. The third-order valence-corrected chi connectivity index (χ3v) is 2.12. The Hall–Kier alpha value is -1.29. The number of phenolic OH excluding ortho intramolecular Hbond substituents is 1. The first-order valence-electron chi connectivity index (χ1n) is 3.88. The molecule has 0 saturated carbocycles. The van der Waals surface area contributed by atoms with Crippen LogP contribution in [0.25, 0.3) is 0 Å². The van der Waals surface area contributed by atoms with Crippen LogP contribution in [0, 0.1) is 13.8 Å². The van der Waals surface area contributed by atoms with Crippen LogP contribution in [0.2, 0.25) is 0 Å². The summed E-state index contributed by atoms with van der Waals surface area (Å²) in [5.41, 5.74) is 7.96. The minimum absolute atomic E-state index is 0.230. The van der Waals surface area contributed by atoms with E-state index < -0.39 is 0 Å². The molecule has 0 aromatic heterocycles. The molecule has 3 nitrogen and oxygen atoms in total. The van der Waals surface area contributed by atoms with Gasteiger partial charge in [0.05, 0.1) is 0 Å². The van der Waals surface area contributed by atoms with Gasteiger partial charge in [0.2, 0.25) is 0 Å². The Bertz CT molecular complexity index is 350. The van der Waals surface area contributed by atoms with Crippen molar-refractivity contribution in [1.82, 2.24) is 0 Å². The standard InChI is InChI=1S/C9H12N2OS/c1-5-6(2)8(12)4-3-7(5)11-9(10)13/h3-4,12H,1-2H3,(H3,10,11,13). The van der Waals surface area contributed by atoms with Gasteiger partial charge in [-0.3, -0.25) is 0 Å². The second-order valence-electron chi connectivity index (χ2n) is 2.87. The van der Waals surface area contributed by atoms with Crippen LogP contribution in [0.4, 0.5) is 5.69 Å². The molecule has 0 fully saturated rings. The summed E-state index contributed by atoms with van der Waals surface area (Å²) in [5, 5.41) is 12.4. The van der Waals surface area contributed by atoms with Crippen LogP contribution >= 0.6 is 12.2 Å². The highest BCUT2D eigenvalue weighted by Gasteiger charge is 2.04. The molecule has 1 aromatic rings. The van der Waals surface area contributed by atoms with Crippen molar-refractivity contribution in [3.05, 3.63) is 23.3 Å². The van der Waals surface area contributed by atoms with Gasteiger partial charge >= 0.3 is 0 Å². The van der Waals surface area contributed by atoms with E-state index in [2.05, 4.69) is 5.32 Å². The first-order chi connectivity index (χ1) is 6.02. The Labute approximate surface area is 82.6 Å². The normalized spacial score (nSPS) is 9.69. The number of anilines is 1. The molecular formula is C9H12N2OS. The molecule has 0 amide bonds. The lowest BCUT2D eigenvalue weighted by Gasteiger charge is -2.10. The molecule has 70 valence electrons. The van der Waals surface area contributed by atoms with Gasteiger partial charge in [0.15, 0.2) is 5.11 Å². The zero-order valence-electron chi connectivity index (χ0n) is 7.59. The molecule has 4 N–H and O–H groups in total. The Morgan fingerprint density at radius 2 is 2.00 bits per heavy atom. The topological polar surface area (TPSA) is 58.3 Å². The number of nitrogens with one attached hydrogen (secondary N) is 1. The molecule has 1 aromatic carbocycles. The van der Waals surface area contributed by atoms with E-state index in [1.807, 2.05) is 13.8 Å². The van der Waals surface area contributed by atoms with Gasteiger partial charge in [-0.2, -0.15) is 0 Å². The molecule has 0 atom stereocenters. The zero-order chi connectivity index (χ0) is 10.0. The van der Waals surface area contributed by atoms with Gasteiger partial charge in [-0.25, -0.2) is 0 Å². The van der Waals surface area contributed by atoms with Gasteiger partial charge in [-0.15, -0.1) is 0 Å². The lowest BCUT2D eigenvalue weighted by atomic mass is 10.1. The van der Waals surface area contributed by atoms with Crippen LogP contribution in [0.3, 0.4) is 0 Å². The maximum Gasteiger partial charge on any atom is 0.168 e. The molecule has 4 heteroatoms. The minimum Gasteiger partial charge on any atom is -0.508 e. The molecule has 0 spiro atoms. The second-order valence-corrected chi connectivity index (χ2v) is 3.31. The van der Waals surface area contributed by atoms with Gasteiger partial charge in [-0.1, -0.05) is 0 Å². The van der Waals surface area contributed by atoms with Crippen LogP contribution in [-0.4, -0.2) is 10.2 Å².